The minimum absolute atomic E-state index is 0.168. The first-order valence-corrected chi connectivity index (χ1v) is 10.2. The lowest BCUT2D eigenvalue weighted by atomic mass is 10.1. The Morgan fingerprint density at radius 2 is 1.59 bits per heavy atom. The van der Waals surface area contributed by atoms with Gasteiger partial charge in [-0.15, -0.1) is 0 Å². The van der Waals surface area contributed by atoms with E-state index in [2.05, 4.69) is 0 Å². The Morgan fingerprint density at radius 3 is 2.31 bits per heavy atom. The van der Waals surface area contributed by atoms with Crippen LogP contribution >= 0.6 is 0 Å². The monoisotopic (exact) mass is 431 g/mol. The van der Waals surface area contributed by atoms with Crippen molar-refractivity contribution in [1.29, 1.82) is 0 Å². The van der Waals surface area contributed by atoms with Gasteiger partial charge >= 0.3 is 0 Å². The van der Waals surface area contributed by atoms with Gasteiger partial charge in [0.2, 0.25) is 0 Å². The summed E-state index contributed by atoms with van der Waals surface area (Å²) in [5.74, 6) is 3.03. The molecule has 0 fully saturated rings. The highest BCUT2D eigenvalue weighted by atomic mass is 16.5. The lowest BCUT2D eigenvalue weighted by Crippen LogP contribution is -2.06. The first kappa shape index (κ1) is 21.3. The van der Waals surface area contributed by atoms with Crippen molar-refractivity contribution in [2.75, 3.05) is 27.9 Å². The Balaban J connectivity index is 1.69. The molecule has 0 saturated heterocycles. The molecule has 0 saturated carbocycles. The minimum atomic E-state index is 0.168. The van der Waals surface area contributed by atoms with E-state index in [1.165, 1.54) is 0 Å². The Kier molecular flexibility index (Phi) is 6.31. The van der Waals surface area contributed by atoms with E-state index in [-0.39, 0.29) is 5.75 Å². The van der Waals surface area contributed by atoms with Gasteiger partial charge in [-0.25, -0.2) is 0 Å². The maximum atomic E-state index is 9.99. The van der Waals surface area contributed by atoms with E-state index in [4.69, 9.17) is 23.6 Å². The number of phenols is 1. The van der Waals surface area contributed by atoms with Crippen molar-refractivity contribution >= 4 is 11.0 Å². The van der Waals surface area contributed by atoms with E-state index in [1.807, 2.05) is 48.5 Å². The topological polar surface area (TPSA) is 73.4 Å². The van der Waals surface area contributed by atoms with E-state index >= 15 is 0 Å². The van der Waals surface area contributed by atoms with Crippen molar-refractivity contribution in [2.24, 2.45) is 4.99 Å². The second kappa shape index (κ2) is 9.47. The lowest BCUT2D eigenvalue weighted by molar-refractivity contribution is 0.354. The zero-order valence-electron chi connectivity index (χ0n) is 18.3. The van der Waals surface area contributed by atoms with Crippen LogP contribution in [0.15, 0.2) is 76.1 Å². The third-order valence-corrected chi connectivity index (χ3v) is 5.23. The first-order valence-electron chi connectivity index (χ1n) is 10.2. The van der Waals surface area contributed by atoms with Gasteiger partial charge in [-0.3, -0.25) is 4.99 Å². The molecule has 6 nitrogen and oxygen atoms in total. The summed E-state index contributed by atoms with van der Waals surface area (Å²) in [7, 11) is 4.88. The van der Waals surface area contributed by atoms with E-state index in [1.54, 1.807) is 39.5 Å². The van der Waals surface area contributed by atoms with Crippen molar-refractivity contribution in [3.63, 3.8) is 0 Å². The molecule has 4 rings (SSSR count). The molecule has 0 unspecified atom stereocenters. The highest BCUT2D eigenvalue weighted by Crippen LogP contribution is 2.28. The lowest BCUT2D eigenvalue weighted by Gasteiger charge is -2.09. The molecule has 6 heteroatoms. The van der Waals surface area contributed by atoms with Crippen LogP contribution in [0.1, 0.15) is 5.56 Å². The average molecular weight is 431 g/mol. The zero-order chi connectivity index (χ0) is 22.5. The van der Waals surface area contributed by atoms with Crippen LogP contribution < -0.4 is 19.6 Å². The van der Waals surface area contributed by atoms with Crippen molar-refractivity contribution in [3.8, 4) is 34.3 Å². The molecule has 164 valence electrons. The van der Waals surface area contributed by atoms with Crippen LogP contribution in [0.4, 0.5) is 0 Å². The van der Waals surface area contributed by atoms with Crippen LogP contribution in [-0.4, -0.2) is 33.0 Å². The average Bonchev–Trinajstić information content (AvgIpc) is 2.84. The Bertz CT molecular complexity index is 1290. The molecule has 0 aliphatic rings. The van der Waals surface area contributed by atoms with Crippen molar-refractivity contribution in [2.45, 2.75) is 6.42 Å². The van der Waals surface area contributed by atoms with Gasteiger partial charge in [-0.2, -0.15) is 0 Å². The second-order valence-electron chi connectivity index (χ2n) is 7.23. The molecular weight excluding hydrogens is 406 g/mol. The fourth-order valence-corrected chi connectivity index (χ4v) is 3.53. The molecule has 0 bridgehead atoms. The number of methoxy groups -OCH3 is 3. The number of hydrogen-bond acceptors (Lipinski definition) is 6. The second-order valence-corrected chi connectivity index (χ2v) is 7.23. The number of hydrogen-bond donors (Lipinski definition) is 1. The molecule has 1 heterocycles. The summed E-state index contributed by atoms with van der Waals surface area (Å²) in [6.45, 7) is 0.562. The molecule has 0 amide bonds. The predicted molar refractivity (Wildman–Crippen MR) is 124 cm³/mol. The third-order valence-electron chi connectivity index (χ3n) is 5.23. The van der Waals surface area contributed by atoms with Gasteiger partial charge < -0.3 is 23.7 Å². The number of phenolic OH excluding ortho intramolecular Hbond substituents is 1. The normalized spacial score (nSPS) is 11.5. The fraction of sp³-hybridized carbons (Fsp3) is 0.192. The summed E-state index contributed by atoms with van der Waals surface area (Å²) in [4.78, 5) is 4.82. The zero-order valence-corrected chi connectivity index (χ0v) is 18.3. The van der Waals surface area contributed by atoms with Crippen molar-refractivity contribution < 1.29 is 23.7 Å². The number of benzene rings is 3. The van der Waals surface area contributed by atoms with Crippen molar-refractivity contribution in [3.05, 3.63) is 77.7 Å². The molecule has 3 aromatic carbocycles. The molecule has 4 aromatic rings. The highest BCUT2D eigenvalue weighted by Gasteiger charge is 2.08. The van der Waals surface area contributed by atoms with Crippen molar-refractivity contribution in [1.82, 2.24) is 0 Å². The smallest absolute Gasteiger partial charge is 0.160 e. The SMILES string of the molecule is COc1ccc(-c2cc(=NCCc3ccc(OC)c(OC)c3)c3cc(O)ccc3o2)cc1. The molecule has 1 aromatic heterocycles. The summed E-state index contributed by atoms with van der Waals surface area (Å²) >= 11 is 0. The Morgan fingerprint density at radius 1 is 0.812 bits per heavy atom. The fourth-order valence-electron chi connectivity index (χ4n) is 3.53. The first-order chi connectivity index (χ1) is 15.6. The van der Waals surface area contributed by atoms with Gasteiger partial charge in [-0.05, 0) is 66.6 Å². The van der Waals surface area contributed by atoms with Crippen LogP contribution in [-0.2, 0) is 6.42 Å². The molecule has 0 spiro atoms. The van der Waals surface area contributed by atoms with E-state index in [0.717, 1.165) is 34.0 Å². The summed E-state index contributed by atoms with van der Waals surface area (Å²) < 4.78 is 22.0. The number of fused-ring (bicyclic) bond motifs is 1. The van der Waals surface area contributed by atoms with Gasteiger partial charge in [0.05, 0.1) is 26.7 Å². The molecule has 0 aliphatic carbocycles. The molecule has 0 radical (unpaired) electrons. The third kappa shape index (κ3) is 4.54. The standard InChI is InChI=1S/C26H25NO5/c1-29-20-8-5-18(6-9-20)25-16-22(21-15-19(28)7-11-23(21)32-25)27-13-12-17-4-10-24(30-2)26(14-17)31-3/h4-11,14-16,28H,12-13H2,1-3H3. The van der Waals surface area contributed by atoms with Gasteiger partial charge in [0, 0.05) is 23.6 Å². The largest absolute Gasteiger partial charge is 0.508 e. The van der Waals surface area contributed by atoms with Gasteiger partial charge in [0.25, 0.3) is 0 Å². The van der Waals surface area contributed by atoms with Crippen LogP contribution in [0, 0.1) is 0 Å². The quantitative estimate of drug-likeness (QED) is 0.447. The van der Waals surface area contributed by atoms with Crippen LogP contribution in [0.25, 0.3) is 22.3 Å². The maximum Gasteiger partial charge on any atom is 0.160 e. The van der Waals surface area contributed by atoms with E-state index in [9.17, 15) is 5.11 Å². The molecule has 0 aliphatic heterocycles. The molecular formula is C26H25NO5. The highest BCUT2D eigenvalue weighted by molar-refractivity contribution is 5.80. The molecule has 1 N–H and O–H groups in total. The van der Waals surface area contributed by atoms with Gasteiger partial charge in [0.1, 0.15) is 22.8 Å². The number of nitrogens with zero attached hydrogens (tertiary/aromatic N) is 1. The van der Waals surface area contributed by atoms with E-state index in [0.29, 0.717) is 29.4 Å². The van der Waals surface area contributed by atoms with E-state index < -0.39 is 0 Å². The van der Waals surface area contributed by atoms with Crippen LogP contribution in [0.2, 0.25) is 0 Å². The van der Waals surface area contributed by atoms with Gasteiger partial charge in [-0.1, -0.05) is 6.07 Å². The molecule has 32 heavy (non-hydrogen) atoms. The summed E-state index contributed by atoms with van der Waals surface area (Å²) in [5.41, 5.74) is 2.66. The maximum absolute atomic E-state index is 9.99. The van der Waals surface area contributed by atoms with Gasteiger partial charge in [0.15, 0.2) is 11.5 Å². The van der Waals surface area contributed by atoms with Crippen LogP contribution in [0.3, 0.4) is 0 Å². The number of rotatable bonds is 7. The number of ether oxygens (including phenoxy) is 3. The minimum Gasteiger partial charge on any atom is -0.508 e. The number of aromatic hydroxyl groups is 1. The Hall–Kier alpha value is -3.93. The van der Waals surface area contributed by atoms with Crippen LogP contribution in [0.5, 0.6) is 23.0 Å². The molecule has 0 atom stereocenters. The summed E-state index contributed by atoms with van der Waals surface area (Å²) in [6.07, 6.45) is 0.727. The Labute approximate surface area is 186 Å². The summed E-state index contributed by atoms with van der Waals surface area (Å²) in [5, 5.41) is 11.5. The summed E-state index contributed by atoms with van der Waals surface area (Å²) in [6, 6.07) is 20.5. The predicted octanol–water partition coefficient (Wildman–Crippen LogP) is 4.97.